The van der Waals surface area contributed by atoms with Gasteiger partial charge in [-0.1, -0.05) is 36.4 Å². The smallest absolute Gasteiger partial charge is 0.335 e. The monoisotopic (exact) mass is 387 g/mol. The van der Waals surface area contributed by atoms with Crippen LogP contribution < -0.4 is 14.8 Å². The van der Waals surface area contributed by atoms with Crippen LogP contribution in [0.2, 0.25) is 0 Å². The van der Waals surface area contributed by atoms with Crippen molar-refractivity contribution in [2.45, 2.75) is 0 Å². The maximum absolute atomic E-state index is 13.0. The van der Waals surface area contributed by atoms with Gasteiger partial charge in [-0.3, -0.25) is 9.59 Å². The zero-order valence-corrected chi connectivity index (χ0v) is 14.9. The second-order valence-corrected chi connectivity index (χ2v) is 6.62. The molecule has 2 N–H and O–H groups in total. The minimum atomic E-state index is -1.16. The fraction of sp³-hybridized carbons (Fsp3) is 0.0455. The molecular formula is C22H13NO6. The van der Waals surface area contributed by atoms with Gasteiger partial charge in [0.05, 0.1) is 16.8 Å². The van der Waals surface area contributed by atoms with E-state index in [-0.39, 0.29) is 40.9 Å². The highest BCUT2D eigenvalue weighted by atomic mass is 16.7. The molecule has 0 saturated heterocycles. The van der Waals surface area contributed by atoms with Crippen molar-refractivity contribution >= 4 is 23.3 Å². The van der Waals surface area contributed by atoms with Crippen LogP contribution >= 0.6 is 0 Å². The number of carboxylic acids is 1. The van der Waals surface area contributed by atoms with Gasteiger partial charge in [0.25, 0.3) is 5.91 Å². The van der Waals surface area contributed by atoms with Gasteiger partial charge in [0.15, 0.2) is 17.3 Å². The Labute approximate surface area is 164 Å². The third-order valence-electron chi connectivity index (χ3n) is 4.97. The van der Waals surface area contributed by atoms with Gasteiger partial charge < -0.3 is 19.9 Å². The number of carbonyl (C=O) groups is 3. The van der Waals surface area contributed by atoms with Crippen LogP contribution in [0.4, 0.5) is 5.69 Å². The highest BCUT2D eigenvalue weighted by Crippen LogP contribution is 2.42. The first-order valence-corrected chi connectivity index (χ1v) is 8.80. The van der Waals surface area contributed by atoms with Crippen molar-refractivity contribution in [1.29, 1.82) is 0 Å². The Bertz CT molecular complexity index is 1230. The summed E-state index contributed by atoms with van der Waals surface area (Å²) < 4.78 is 10.6. The van der Waals surface area contributed by atoms with Crippen molar-refractivity contribution in [1.82, 2.24) is 0 Å². The molecule has 1 heterocycles. The fourth-order valence-electron chi connectivity index (χ4n) is 3.68. The van der Waals surface area contributed by atoms with E-state index < -0.39 is 11.9 Å². The van der Waals surface area contributed by atoms with E-state index in [2.05, 4.69) is 5.32 Å². The average molecular weight is 387 g/mol. The Hall–Kier alpha value is -4.13. The molecular weight excluding hydrogens is 374 g/mol. The second kappa shape index (κ2) is 6.20. The Kier molecular flexibility index (Phi) is 3.64. The molecule has 0 bridgehead atoms. The van der Waals surface area contributed by atoms with Gasteiger partial charge in [-0.05, 0) is 29.3 Å². The molecule has 1 aliphatic heterocycles. The van der Waals surface area contributed by atoms with E-state index in [1.165, 1.54) is 12.1 Å². The van der Waals surface area contributed by atoms with E-state index in [0.717, 1.165) is 5.56 Å². The van der Waals surface area contributed by atoms with Gasteiger partial charge in [-0.25, -0.2) is 4.79 Å². The van der Waals surface area contributed by atoms with Crippen molar-refractivity contribution in [3.05, 3.63) is 76.9 Å². The third-order valence-corrected chi connectivity index (χ3v) is 4.97. The number of hydrogen-bond donors (Lipinski definition) is 2. The standard InChI is InChI=1S/C22H13NO6/c24-19-14-5-2-1-4-12(14)13-6-3-7-15(18(13)19)21(25)23-16-8-11(22(26)27)9-17-20(16)29-10-28-17/h1-9H,10H2,(H,23,25)(H,26,27). The molecule has 0 saturated carbocycles. The number of aromatic carboxylic acids is 1. The average Bonchev–Trinajstić information content (AvgIpc) is 3.31. The van der Waals surface area contributed by atoms with Gasteiger partial charge in [0, 0.05) is 11.1 Å². The molecule has 0 atom stereocenters. The van der Waals surface area contributed by atoms with Crippen LogP contribution in [0.1, 0.15) is 36.6 Å². The number of ketones is 1. The molecule has 0 aromatic heterocycles. The van der Waals surface area contributed by atoms with E-state index in [4.69, 9.17) is 9.47 Å². The summed E-state index contributed by atoms with van der Waals surface area (Å²) in [7, 11) is 0. The predicted octanol–water partition coefficient (Wildman–Crippen LogP) is 3.58. The van der Waals surface area contributed by atoms with Crippen molar-refractivity contribution in [3.63, 3.8) is 0 Å². The molecule has 142 valence electrons. The second-order valence-electron chi connectivity index (χ2n) is 6.62. The van der Waals surface area contributed by atoms with Gasteiger partial charge in [-0.15, -0.1) is 0 Å². The molecule has 1 amide bonds. The Balaban J connectivity index is 1.57. The highest BCUT2D eigenvalue weighted by Gasteiger charge is 2.31. The SMILES string of the molecule is O=C(O)c1cc(NC(=O)c2cccc3c2C(=O)c2ccccc2-3)c2c(c1)OCO2. The molecule has 0 unspecified atom stereocenters. The number of nitrogens with one attached hydrogen (secondary N) is 1. The van der Waals surface area contributed by atoms with E-state index in [0.29, 0.717) is 16.7 Å². The van der Waals surface area contributed by atoms with Crippen LogP contribution in [-0.4, -0.2) is 29.6 Å². The van der Waals surface area contributed by atoms with Crippen LogP contribution in [0.3, 0.4) is 0 Å². The number of fused-ring (bicyclic) bond motifs is 4. The molecule has 1 aliphatic carbocycles. The van der Waals surface area contributed by atoms with Crippen LogP contribution in [0.5, 0.6) is 11.5 Å². The number of amides is 1. The van der Waals surface area contributed by atoms with Crippen LogP contribution in [0.25, 0.3) is 11.1 Å². The highest BCUT2D eigenvalue weighted by molar-refractivity contribution is 6.26. The third kappa shape index (κ3) is 2.55. The summed E-state index contributed by atoms with van der Waals surface area (Å²) in [6.07, 6.45) is 0. The summed E-state index contributed by atoms with van der Waals surface area (Å²) in [4.78, 5) is 37.3. The molecule has 3 aromatic carbocycles. The lowest BCUT2D eigenvalue weighted by Gasteiger charge is -2.11. The van der Waals surface area contributed by atoms with Crippen molar-refractivity contribution in [2.24, 2.45) is 0 Å². The summed E-state index contributed by atoms with van der Waals surface area (Å²) >= 11 is 0. The minimum absolute atomic E-state index is 0.0497. The summed E-state index contributed by atoms with van der Waals surface area (Å²) in [5.41, 5.74) is 2.68. The lowest BCUT2D eigenvalue weighted by molar-refractivity contribution is 0.0696. The predicted molar refractivity (Wildman–Crippen MR) is 103 cm³/mol. The Morgan fingerprint density at radius 1 is 0.931 bits per heavy atom. The Morgan fingerprint density at radius 3 is 2.48 bits per heavy atom. The number of carboxylic acid groups (broad SMARTS) is 1. The molecule has 0 fully saturated rings. The topological polar surface area (TPSA) is 102 Å². The van der Waals surface area contributed by atoms with E-state index >= 15 is 0 Å². The molecule has 2 aliphatic rings. The first-order chi connectivity index (χ1) is 14.0. The van der Waals surface area contributed by atoms with Gasteiger partial charge in [0.1, 0.15) is 0 Å². The first kappa shape index (κ1) is 17.0. The van der Waals surface area contributed by atoms with Gasteiger partial charge in [-0.2, -0.15) is 0 Å². The number of rotatable bonds is 3. The van der Waals surface area contributed by atoms with Crippen LogP contribution in [-0.2, 0) is 0 Å². The largest absolute Gasteiger partial charge is 0.478 e. The number of carbonyl (C=O) groups excluding carboxylic acids is 2. The Morgan fingerprint density at radius 2 is 1.69 bits per heavy atom. The number of benzene rings is 3. The van der Waals surface area contributed by atoms with Crippen molar-refractivity contribution < 1.29 is 29.0 Å². The van der Waals surface area contributed by atoms with E-state index in [9.17, 15) is 19.5 Å². The number of ether oxygens (including phenoxy) is 2. The first-order valence-electron chi connectivity index (χ1n) is 8.80. The summed E-state index contributed by atoms with van der Waals surface area (Å²) in [6, 6.07) is 14.9. The van der Waals surface area contributed by atoms with E-state index in [1.807, 2.05) is 12.1 Å². The van der Waals surface area contributed by atoms with Crippen molar-refractivity contribution in [3.8, 4) is 22.6 Å². The van der Waals surface area contributed by atoms with Crippen LogP contribution in [0.15, 0.2) is 54.6 Å². The maximum Gasteiger partial charge on any atom is 0.335 e. The fourth-order valence-corrected chi connectivity index (χ4v) is 3.68. The molecule has 5 rings (SSSR count). The van der Waals surface area contributed by atoms with Crippen LogP contribution in [0, 0.1) is 0 Å². The maximum atomic E-state index is 13.0. The van der Waals surface area contributed by atoms with E-state index in [1.54, 1.807) is 30.3 Å². The number of hydrogen-bond acceptors (Lipinski definition) is 5. The molecule has 7 heteroatoms. The summed E-state index contributed by atoms with van der Waals surface area (Å²) in [6.45, 7) is -0.0736. The lowest BCUT2D eigenvalue weighted by atomic mass is 10.00. The summed E-state index contributed by atoms with van der Waals surface area (Å²) in [5, 5.41) is 12.0. The zero-order chi connectivity index (χ0) is 20.1. The normalized spacial score (nSPS) is 13.0. The molecule has 0 radical (unpaired) electrons. The number of anilines is 1. The molecule has 0 spiro atoms. The molecule has 29 heavy (non-hydrogen) atoms. The lowest BCUT2D eigenvalue weighted by Crippen LogP contribution is -2.16. The van der Waals surface area contributed by atoms with Gasteiger partial charge in [0.2, 0.25) is 6.79 Å². The summed E-state index contributed by atoms with van der Waals surface area (Å²) in [5.74, 6) is -1.42. The minimum Gasteiger partial charge on any atom is -0.478 e. The van der Waals surface area contributed by atoms with Crippen molar-refractivity contribution in [2.75, 3.05) is 12.1 Å². The van der Waals surface area contributed by atoms with Gasteiger partial charge >= 0.3 is 5.97 Å². The molecule has 3 aromatic rings. The quantitative estimate of drug-likeness (QED) is 0.557. The molecule has 7 nitrogen and oxygen atoms in total. The zero-order valence-electron chi connectivity index (χ0n) is 14.9.